The van der Waals surface area contributed by atoms with Crippen LogP contribution in [0.25, 0.3) is 10.9 Å². The highest BCUT2D eigenvalue weighted by Gasteiger charge is 2.31. The number of nitrogens with zero attached hydrogens (tertiary/aromatic N) is 4. The number of nitrogens with one attached hydrogen (secondary N) is 1. The molecule has 4 rings (SSSR count). The zero-order valence-corrected chi connectivity index (χ0v) is 17.4. The highest BCUT2D eigenvalue weighted by atomic mass is 19.4. The van der Waals surface area contributed by atoms with Gasteiger partial charge in [0.05, 0.1) is 27.9 Å². The number of alkyl halides is 3. The minimum absolute atomic E-state index is 0.0720. The standard InChI is InChI=1S/C22H22F3N5O2/c1-28-5-7-29(8-6-28)18-12-19-20(10-16(22(23,24)25)11-21(19)27-14-18)26-13-15-3-2-4-17(9-15)30(31)32/h2-4,9-12,14,26H,5-8,13H2,1H3. The number of likely N-dealkylation sites (N-methyl/N-ethyl adjacent to an activating group) is 1. The number of aromatic nitrogens is 1. The van der Waals surface area contributed by atoms with Gasteiger partial charge >= 0.3 is 6.18 Å². The lowest BCUT2D eigenvalue weighted by molar-refractivity contribution is -0.384. The molecule has 168 valence electrons. The van der Waals surface area contributed by atoms with Crippen LogP contribution in [0, 0.1) is 10.1 Å². The first-order valence-electron chi connectivity index (χ1n) is 10.1. The van der Waals surface area contributed by atoms with Crippen molar-refractivity contribution in [3.05, 3.63) is 69.9 Å². The van der Waals surface area contributed by atoms with Gasteiger partial charge in [0.2, 0.25) is 0 Å². The van der Waals surface area contributed by atoms with Gasteiger partial charge < -0.3 is 15.1 Å². The Kier molecular flexibility index (Phi) is 5.88. The van der Waals surface area contributed by atoms with E-state index in [2.05, 4.69) is 20.1 Å². The highest BCUT2D eigenvalue weighted by Crippen LogP contribution is 2.36. The Bertz CT molecular complexity index is 1140. The fourth-order valence-corrected chi connectivity index (χ4v) is 3.74. The summed E-state index contributed by atoms with van der Waals surface area (Å²) >= 11 is 0. The van der Waals surface area contributed by atoms with Crippen molar-refractivity contribution in [3.8, 4) is 0 Å². The van der Waals surface area contributed by atoms with Crippen LogP contribution >= 0.6 is 0 Å². The first kappa shape index (κ1) is 21.8. The summed E-state index contributed by atoms with van der Waals surface area (Å²) in [4.78, 5) is 19.2. The number of anilines is 2. The molecule has 3 aromatic rings. The predicted octanol–water partition coefficient (Wildman–Crippen LogP) is 4.53. The normalized spacial score (nSPS) is 15.2. The smallest absolute Gasteiger partial charge is 0.380 e. The second kappa shape index (κ2) is 8.62. The minimum atomic E-state index is -4.52. The highest BCUT2D eigenvalue weighted by molar-refractivity contribution is 5.94. The summed E-state index contributed by atoms with van der Waals surface area (Å²) in [5.41, 5.74) is 1.09. The van der Waals surface area contributed by atoms with Crippen molar-refractivity contribution in [1.82, 2.24) is 9.88 Å². The third-order valence-electron chi connectivity index (χ3n) is 5.59. The van der Waals surface area contributed by atoms with E-state index in [1.165, 1.54) is 12.1 Å². The molecule has 1 aromatic heterocycles. The van der Waals surface area contributed by atoms with E-state index in [0.29, 0.717) is 10.9 Å². The largest absolute Gasteiger partial charge is 0.416 e. The first-order chi connectivity index (χ1) is 15.2. The monoisotopic (exact) mass is 445 g/mol. The second-order valence-electron chi connectivity index (χ2n) is 7.85. The van der Waals surface area contributed by atoms with Gasteiger partial charge in [-0.3, -0.25) is 15.1 Å². The van der Waals surface area contributed by atoms with E-state index in [9.17, 15) is 23.3 Å². The number of hydrogen-bond acceptors (Lipinski definition) is 6. The molecule has 0 bridgehead atoms. The van der Waals surface area contributed by atoms with Crippen molar-refractivity contribution in [2.24, 2.45) is 0 Å². The van der Waals surface area contributed by atoms with Gasteiger partial charge in [-0.2, -0.15) is 13.2 Å². The molecule has 0 aliphatic carbocycles. The number of halogens is 3. The lowest BCUT2D eigenvalue weighted by atomic mass is 10.1. The number of fused-ring (bicyclic) bond motifs is 1. The molecule has 10 heteroatoms. The van der Waals surface area contributed by atoms with Crippen LogP contribution in [0.1, 0.15) is 11.1 Å². The van der Waals surface area contributed by atoms with Gasteiger partial charge in [-0.15, -0.1) is 0 Å². The molecule has 1 aliphatic heterocycles. The molecule has 1 aliphatic rings. The van der Waals surface area contributed by atoms with Crippen molar-refractivity contribution < 1.29 is 18.1 Å². The Morgan fingerprint density at radius 2 is 1.88 bits per heavy atom. The van der Waals surface area contributed by atoms with Crippen LogP contribution in [0.4, 0.5) is 30.2 Å². The number of non-ortho nitro benzene ring substituents is 1. The maximum absolute atomic E-state index is 13.5. The molecular weight excluding hydrogens is 423 g/mol. The topological polar surface area (TPSA) is 74.5 Å². The molecule has 0 spiro atoms. The molecule has 1 N–H and O–H groups in total. The third kappa shape index (κ3) is 4.75. The van der Waals surface area contributed by atoms with Gasteiger partial charge in [-0.05, 0) is 30.8 Å². The Morgan fingerprint density at radius 1 is 1.12 bits per heavy atom. The third-order valence-corrected chi connectivity index (χ3v) is 5.59. The van der Waals surface area contributed by atoms with Crippen LogP contribution in [0.5, 0.6) is 0 Å². The van der Waals surface area contributed by atoms with Gasteiger partial charge in [-0.25, -0.2) is 0 Å². The molecule has 1 fully saturated rings. The van der Waals surface area contributed by atoms with E-state index in [0.717, 1.165) is 44.0 Å². The molecule has 0 radical (unpaired) electrons. The molecule has 0 saturated carbocycles. The summed E-state index contributed by atoms with van der Waals surface area (Å²) in [5.74, 6) is 0. The molecule has 32 heavy (non-hydrogen) atoms. The minimum Gasteiger partial charge on any atom is -0.380 e. The van der Waals surface area contributed by atoms with Gasteiger partial charge in [0.1, 0.15) is 0 Å². The van der Waals surface area contributed by atoms with Gasteiger partial charge in [0, 0.05) is 55.9 Å². The Hall–Kier alpha value is -3.40. The van der Waals surface area contributed by atoms with E-state index in [1.54, 1.807) is 18.3 Å². The molecular formula is C22H22F3N5O2. The zero-order chi connectivity index (χ0) is 22.9. The summed E-state index contributed by atoms with van der Waals surface area (Å²) in [6.45, 7) is 3.53. The number of piperazine rings is 1. The molecule has 1 saturated heterocycles. The number of rotatable bonds is 5. The average Bonchev–Trinajstić information content (AvgIpc) is 2.77. The van der Waals surface area contributed by atoms with Crippen molar-refractivity contribution >= 4 is 28.0 Å². The number of nitro groups is 1. The summed E-state index contributed by atoms with van der Waals surface area (Å²) in [6, 6.07) is 9.96. The van der Waals surface area contributed by atoms with E-state index in [4.69, 9.17) is 0 Å². The fourth-order valence-electron chi connectivity index (χ4n) is 3.74. The Balaban J connectivity index is 1.69. The van der Waals surface area contributed by atoms with Crippen LogP contribution in [0.2, 0.25) is 0 Å². The maximum atomic E-state index is 13.5. The van der Waals surface area contributed by atoms with Gasteiger partial charge in [0.25, 0.3) is 5.69 Å². The van der Waals surface area contributed by atoms with Crippen LogP contribution in [-0.4, -0.2) is 48.0 Å². The summed E-state index contributed by atoms with van der Waals surface area (Å²) in [6.07, 6.45) is -2.91. The molecule has 0 unspecified atom stereocenters. The predicted molar refractivity (Wildman–Crippen MR) is 117 cm³/mol. The molecule has 0 amide bonds. The van der Waals surface area contributed by atoms with Crippen molar-refractivity contribution in [2.75, 3.05) is 43.4 Å². The summed E-state index contributed by atoms with van der Waals surface area (Å²) in [7, 11) is 2.05. The summed E-state index contributed by atoms with van der Waals surface area (Å²) < 4.78 is 40.4. The van der Waals surface area contributed by atoms with E-state index in [-0.39, 0.29) is 23.4 Å². The van der Waals surface area contributed by atoms with Crippen LogP contribution in [-0.2, 0) is 12.7 Å². The lowest BCUT2D eigenvalue weighted by Gasteiger charge is -2.34. The SMILES string of the molecule is CN1CCN(c2cnc3cc(C(F)(F)F)cc(NCc4cccc([N+](=O)[O-])c4)c3c2)CC1. The van der Waals surface area contributed by atoms with E-state index in [1.807, 2.05) is 13.1 Å². The molecule has 2 heterocycles. The van der Waals surface area contributed by atoms with E-state index < -0.39 is 16.7 Å². The maximum Gasteiger partial charge on any atom is 0.416 e. The molecule has 2 aromatic carbocycles. The zero-order valence-electron chi connectivity index (χ0n) is 17.4. The quantitative estimate of drug-likeness (QED) is 0.460. The Morgan fingerprint density at radius 3 is 2.56 bits per heavy atom. The number of benzene rings is 2. The van der Waals surface area contributed by atoms with Crippen LogP contribution in [0.3, 0.4) is 0 Å². The average molecular weight is 445 g/mol. The second-order valence-corrected chi connectivity index (χ2v) is 7.85. The molecule has 7 nitrogen and oxygen atoms in total. The number of pyridine rings is 1. The van der Waals surface area contributed by atoms with E-state index >= 15 is 0 Å². The van der Waals surface area contributed by atoms with Crippen LogP contribution in [0.15, 0.2) is 48.7 Å². The van der Waals surface area contributed by atoms with Crippen molar-refractivity contribution in [2.45, 2.75) is 12.7 Å². The number of hydrogen-bond donors (Lipinski definition) is 1. The van der Waals surface area contributed by atoms with Crippen molar-refractivity contribution in [3.63, 3.8) is 0 Å². The Labute approximate surface area is 182 Å². The van der Waals surface area contributed by atoms with Gasteiger partial charge in [0.15, 0.2) is 0 Å². The first-order valence-corrected chi connectivity index (χ1v) is 10.1. The van der Waals surface area contributed by atoms with Crippen LogP contribution < -0.4 is 10.2 Å². The summed E-state index contributed by atoms with van der Waals surface area (Å²) in [5, 5.41) is 14.6. The lowest BCUT2D eigenvalue weighted by Crippen LogP contribution is -2.44. The molecule has 0 atom stereocenters. The fraction of sp³-hybridized carbons (Fsp3) is 0.318. The number of nitro benzene ring substituents is 1. The van der Waals surface area contributed by atoms with Gasteiger partial charge in [-0.1, -0.05) is 12.1 Å². The van der Waals surface area contributed by atoms with Crippen molar-refractivity contribution in [1.29, 1.82) is 0 Å².